The molecule has 0 fully saturated rings. The predicted octanol–water partition coefficient (Wildman–Crippen LogP) is 2.35. The van der Waals surface area contributed by atoms with E-state index in [0.29, 0.717) is 6.42 Å². The highest BCUT2D eigenvalue weighted by molar-refractivity contribution is 7.89. The summed E-state index contributed by atoms with van der Waals surface area (Å²) in [6, 6.07) is 9.82. The fourth-order valence-electron chi connectivity index (χ4n) is 1.85. The van der Waals surface area contributed by atoms with Gasteiger partial charge in [0.2, 0.25) is 10.0 Å². The van der Waals surface area contributed by atoms with Crippen LogP contribution in [0.5, 0.6) is 0 Å². The van der Waals surface area contributed by atoms with E-state index in [-0.39, 0.29) is 10.8 Å². The van der Waals surface area contributed by atoms with E-state index >= 15 is 0 Å². The van der Waals surface area contributed by atoms with Crippen molar-refractivity contribution in [1.29, 1.82) is 0 Å². The summed E-state index contributed by atoms with van der Waals surface area (Å²) < 4.78 is 39.9. The van der Waals surface area contributed by atoms with Gasteiger partial charge in [-0.05, 0) is 18.1 Å². The van der Waals surface area contributed by atoms with Gasteiger partial charge in [0.15, 0.2) is 0 Å². The van der Waals surface area contributed by atoms with Gasteiger partial charge in [0.05, 0.1) is 6.20 Å². The molecule has 4 nitrogen and oxygen atoms in total. The molecule has 0 amide bonds. The van der Waals surface area contributed by atoms with Gasteiger partial charge in [-0.15, -0.1) is 11.6 Å². The standard InChI is InChI=1S/C14H14ClFN2O2S/c15-8-13(6-11-4-2-1-3-5-11)18-21(19,20)14-7-12(16)9-17-10-14/h1-5,7,9-10,13,18H,6,8H2. The Morgan fingerprint density at radius 1 is 1.24 bits per heavy atom. The van der Waals surface area contributed by atoms with Crippen molar-refractivity contribution in [3.8, 4) is 0 Å². The van der Waals surface area contributed by atoms with Gasteiger partial charge in [-0.1, -0.05) is 30.3 Å². The second kappa shape index (κ2) is 6.98. The maximum atomic E-state index is 13.1. The minimum absolute atomic E-state index is 0.108. The molecule has 2 aromatic rings. The summed E-state index contributed by atoms with van der Waals surface area (Å²) in [5, 5.41) is 0. The van der Waals surface area contributed by atoms with Crippen molar-refractivity contribution in [1.82, 2.24) is 9.71 Å². The van der Waals surface area contributed by atoms with Crippen molar-refractivity contribution in [2.45, 2.75) is 17.4 Å². The van der Waals surface area contributed by atoms with Gasteiger partial charge in [0.25, 0.3) is 0 Å². The predicted molar refractivity (Wildman–Crippen MR) is 79.2 cm³/mol. The zero-order chi connectivity index (χ0) is 15.3. The number of pyridine rings is 1. The Labute approximate surface area is 128 Å². The average molecular weight is 329 g/mol. The van der Waals surface area contributed by atoms with Crippen molar-refractivity contribution in [2.75, 3.05) is 5.88 Å². The van der Waals surface area contributed by atoms with Gasteiger partial charge >= 0.3 is 0 Å². The molecule has 1 N–H and O–H groups in total. The zero-order valence-electron chi connectivity index (χ0n) is 11.0. The third kappa shape index (κ3) is 4.49. The normalized spacial score (nSPS) is 13.0. The molecule has 1 heterocycles. The molecule has 1 atom stereocenters. The van der Waals surface area contributed by atoms with E-state index < -0.39 is 21.9 Å². The molecule has 1 aromatic heterocycles. The lowest BCUT2D eigenvalue weighted by molar-refractivity contribution is 0.557. The molecule has 2 rings (SSSR count). The van der Waals surface area contributed by atoms with Crippen molar-refractivity contribution >= 4 is 21.6 Å². The molecule has 0 bridgehead atoms. The SMILES string of the molecule is O=S(=O)(NC(CCl)Cc1ccccc1)c1cncc(F)c1. The summed E-state index contributed by atoms with van der Waals surface area (Å²) in [7, 11) is -3.85. The maximum absolute atomic E-state index is 13.1. The Kier molecular flexibility index (Phi) is 5.27. The molecule has 0 saturated carbocycles. The van der Waals surface area contributed by atoms with E-state index in [9.17, 15) is 12.8 Å². The summed E-state index contributed by atoms with van der Waals surface area (Å²) in [5.41, 5.74) is 0.961. The van der Waals surface area contributed by atoms with Gasteiger partial charge in [-0.25, -0.2) is 17.5 Å². The first-order valence-electron chi connectivity index (χ1n) is 6.24. The second-order valence-electron chi connectivity index (χ2n) is 4.50. The topological polar surface area (TPSA) is 59.1 Å². The van der Waals surface area contributed by atoms with E-state index in [4.69, 9.17) is 11.6 Å². The fraction of sp³-hybridized carbons (Fsp3) is 0.214. The highest BCUT2D eigenvalue weighted by Crippen LogP contribution is 2.12. The molecule has 0 saturated heterocycles. The van der Waals surface area contributed by atoms with Crippen molar-refractivity contribution in [3.63, 3.8) is 0 Å². The number of halogens is 2. The van der Waals surface area contributed by atoms with Crippen molar-refractivity contribution < 1.29 is 12.8 Å². The lowest BCUT2D eigenvalue weighted by atomic mass is 10.1. The smallest absolute Gasteiger partial charge is 0.242 e. The minimum Gasteiger partial charge on any atom is -0.260 e. The summed E-state index contributed by atoms with van der Waals surface area (Å²) in [5.74, 6) is -0.597. The Morgan fingerprint density at radius 2 is 1.95 bits per heavy atom. The van der Waals surface area contributed by atoms with Crippen LogP contribution in [0.1, 0.15) is 5.56 Å². The van der Waals surface area contributed by atoms with Crippen LogP contribution >= 0.6 is 11.6 Å². The molecular formula is C14H14ClFN2O2S. The lowest BCUT2D eigenvalue weighted by Gasteiger charge is -2.16. The zero-order valence-corrected chi connectivity index (χ0v) is 12.6. The van der Waals surface area contributed by atoms with Crippen LogP contribution in [0.3, 0.4) is 0 Å². The summed E-state index contributed by atoms with van der Waals surface area (Å²) in [6.45, 7) is 0. The van der Waals surface area contributed by atoms with Gasteiger partial charge in [0.1, 0.15) is 10.7 Å². The Bertz CT molecular complexity index is 695. The first kappa shape index (κ1) is 15.9. The summed E-state index contributed by atoms with van der Waals surface area (Å²) >= 11 is 5.83. The summed E-state index contributed by atoms with van der Waals surface area (Å²) in [4.78, 5) is 3.32. The summed E-state index contributed by atoms with van der Waals surface area (Å²) in [6.07, 6.45) is 2.49. The van der Waals surface area contributed by atoms with Crippen LogP contribution in [0, 0.1) is 5.82 Å². The molecule has 0 aliphatic rings. The number of hydrogen-bond acceptors (Lipinski definition) is 3. The average Bonchev–Trinajstić information content (AvgIpc) is 2.47. The van der Waals surface area contributed by atoms with Crippen molar-refractivity contribution in [3.05, 3.63) is 60.2 Å². The second-order valence-corrected chi connectivity index (χ2v) is 6.52. The Morgan fingerprint density at radius 3 is 2.57 bits per heavy atom. The fourth-order valence-corrected chi connectivity index (χ4v) is 3.34. The minimum atomic E-state index is -3.85. The van der Waals surface area contributed by atoms with E-state index in [1.165, 1.54) is 0 Å². The maximum Gasteiger partial charge on any atom is 0.242 e. The van der Waals surface area contributed by atoms with E-state index in [2.05, 4.69) is 9.71 Å². The highest BCUT2D eigenvalue weighted by atomic mass is 35.5. The third-order valence-electron chi connectivity index (χ3n) is 2.82. The van der Waals surface area contributed by atoms with Crippen LogP contribution in [0.4, 0.5) is 4.39 Å². The largest absolute Gasteiger partial charge is 0.260 e. The first-order valence-corrected chi connectivity index (χ1v) is 8.26. The highest BCUT2D eigenvalue weighted by Gasteiger charge is 2.20. The Balaban J connectivity index is 2.14. The molecule has 1 aromatic carbocycles. The molecule has 21 heavy (non-hydrogen) atoms. The number of nitrogens with one attached hydrogen (secondary N) is 1. The molecule has 7 heteroatoms. The monoisotopic (exact) mass is 328 g/mol. The van der Waals surface area contributed by atoms with E-state index in [1.54, 1.807) is 0 Å². The number of alkyl halides is 1. The molecule has 0 aliphatic heterocycles. The quantitative estimate of drug-likeness (QED) is 0.828. The van der Waals surface area contributed by atoms with E-state index in [0.717, 1.165) is 24.0 Å². The number of rotatable bonds is 6. The van der Waals surface area contributed by atoms with Crippen LogP contribution in [-0.2, 0) is 16.4 Å². The van der Waals surface area contributed by atoms with Crippen LogP contribution < -0.4 is 4.72 Å². The van der Waals surface area contributed by atoms with Gasteiger partial charge in [0, 0.05) is 18.1 Å². The van der Waals surface area contributed by atoms with Gasteiger partial charge in [-0.2, -0.15) is 0 Å². The van der Waals surface area contributed by atoms with Crippen LogP contribution in [0.25, 0.3) is 0 Å². The number of nitrogens with zero attached hydrogens (tertiary/aromatic N) is 1. The Hall–Kier alpha value is -1.50. The molecule has 0 radical (unpaired) electrons. The van der Waals surface area contributed by atoms with E-state index in [1.807, 2.05) is 30.3 Å². The molecular weight excluding hydrogens is 315 g/mol. The lowest BCUT2D eigenvalue weighted by Crippen LogP contribution is -2.37. The molecule has 0 spiro atoms. The van der Waals surface area contributed by atoms with Gasteiger partial charge < -0.3 is 0 Å². The number of aromatic nitrogens is 1. The molecule has 1 unspecified atom stereocenters. The van der Waals surface area contributed by atoms with Crippen molar-refractivity contribution in [2.24, 2.45) is 0 Å². The number of hydrogen-bond donors (Lipinski definition) is 1. The number of benzene rings is 1. The van der Waals surface area contributed by atoms with Gasteiger partial charge in [-0.3, -0.25) is 4.98 Å². The van der Waals surface area contributed by atoms with Crippen LogP contribution in [0.15, 0.2) is 53.7 Å². The first-order chi connectivity index (χ1) is 10.0. The third-order valence-corrected chi connectivity index (χ3v) is 4.68. The number of sulfonamides is 1. The molecule has 0 aliphatic carbocycles. The van der Waals surface area contributed by atoms with Crippen LogP contribution in [0.2, 0.25) is 0 Å². The van der Waals surface area contributed by atoms with Crippen LogP contribution in [-0.4, -0.2) is 25.3 Å². The molecule has 112 valence electrons.